The summed E-state index contributed by atoms with van der Waals surface area (Å²) in [5.74, 6) is -3.65. The van der Waals surface area contributed by atoms with E-state index in [9.17, 15) is 0 Å². The average Bonchev–Trinajstić information content (AvgIpc) is 3.19. The van der Waals surface area contributed by atoms with Gasteiger partial charge in [0.25, 0.3) is 0 Å². The van der Waals surface area contributed by atoms with Crippen LogP contribution in [-0.2, 0) is 29.2 Å². The summed E-state index contributed by atoms with van der Waals surface area (Å²) >= 11 is 0. The standard InChI is InChI=1S/C26H29N3.C2H2O4/c1-2-29-25-11-7-6-10-23(25)24-18-22(12-13-26(24)29)20-28-16-14-27(15-17-28)19-21-8-4-3-5-9-21;3-1(4)2(5)6/h3-13,18H,2,14-17,19-20H2,1H3;(H,3,4)(H,5,6). The monoisotopic (exact) mass is 473 g/mol. The first kappa shape index (κ1) is 24.4. The molecule has 4 aromatic rings. The Morgan fingerprint density at radius 1 is 0.686 bits per heavy atom. The lowest BCUT2D eigenvalue weighted by atomic mass is 10.1. The zero-order valence-corrected chi connectivity index (χ0v) is 19.9. The summed E-state index contributed by atoms with van der Waals surface area (Å²) in [6.45, 7) is 9.92. The third-order valence-electron chi connectivity index (χ3n) is 6.46. The van der Waals surface area contributed by atoms with E-state index >= 15 is 0 Å². The smallest absolute Gasteiger partial charge is 0.414 e. The van der Waals surface area contributed by atoms with E-state index in [4.69, 9.17) is 19.8 Å². The minimum absolute atomic E-state index is 1.01. The Labute approximate surface area is 204 Å². The second kappa shape index (κ2) is 11.2. The molecule has 0 amide bonds. The third-order valence-corrected chi connectivity index (χ3v) is 6.46. The summed E-state index contributed by atoms with van der Waals surface area (Å²) in [4.78, 5) is 23.4. The van der Waals surface area contributed by atoms with Crippen LogP contribution in [0, 0.1) is 0 Å². The highest BCUT2D eigenvalue weighted by Crippen LogP contribution is 2.30. The number of piperazine rings is 1. The van der Waals surface area contributed by atoms with Crippen molar-refractivity contribution in [2.75, 3.05) is 26.2 Å². The van der Waals surface area contributed by atoms with Crippen molar-refractivity contribution in [1.82, 2.24) is 14.4 Å². The van der Waals surface area contributed by atoms with Crippen LogP contribution in [0.15, 0.2) is 72.8 Å². The second-order valence-corrected chi connectivity index (χ2v) is 8.76. The normalized spacial score (nSPS) is 14.5. The van der Waals surface area contributed by atoms with Gasteiger partial charge in [-0.1, -0.05) is 54.6 Å². The fourth-order valence-electron chi connectivity index (χ4n) is 4.75. The molecule has 0 bridgehead atoms. The Morgan fingerprint density at radius 3 is 1.83 bits per heavy atom. The lowest BCUT2D eigenvalue weighted by molar-refractivity contribution is -0.159. The molecule has 2 heterocycles. The van der Waals surface area contributed by atoms with Gasteiger partial charge in [-0.05, 0) is 36.2 Å². The maximum absolute atomic E-state index is 9.10. The molecule has 3 aromatic carbocycles. The van der Waals surface area contributed by atoms with Crippen LogP contribution in [-0.4, -0.2) is 62.7 Å². The lowest BCUT2D eigenvalue weighted by Crippen LogP contribution is -2.45. The molecule has 35 heavy (non-hydrogen) atoms. The Hall–Kier alpha value is -3.68. The first-order valence-electron chi connectivity index (χ1n) is 11.9. The Balaban J connectivity index is 0.000000431. The van der Waals surface area contributed by atoms with Crippen molar-refractivity contribution in [2.45, 2.75) is 26.6 Å². The molecule has 1 aliphatic rings. The number of benzene rings is 3. The zero-order chi connectivity index (χ0) is 24.8. The first-order chi connectivity index (χ1) is 17.0. The summed E-state index contributed by atoms with van der Waals surface area (Å²) in [5.41, 5.74) is 5.54. The van der Waals surface area contributed by atoms with Crippen LogP contribution < -0.4 is 0 Å². The highest BCUT2D eigenvalue weighted by Gasteiger charge is 2.18. The number of nitrogens with zero attached hydrogens (tertiary/aromatic N) is 3. The van der Waals surface area contributed by atoms with Crippen molar-refractivity contribution >= 4 is 33.7 Å². The number of aromatic nitrogens is 1. The molecular formula is C28H31N3O4. The summed E-state index contributed by atoms with van der Waals surface area (Å²) in [6, 6.07) is 26.7. The number of rotatable bonds is 5. The molecule has 0 radical (unpaired) electrons. The zero-order valence-electron chi connectivity index (χ0n) is 19.9. The molecule has 1 saturated heterocycles. The number of carboxylic acid groups (broad SMARTS) is 2. The predicted molar refractivity (Wildman–Crippen MR) is 137 cm³/mol. The molecule has 0 spiro atoms. The SMILES string of the molecule is CCn1c2ccccc2c2cc(CN3CCN(Cc4ccccc4)CC3)ccc21.O=C(O)C(=O)O. The van der Waals surface area contributed by atoms with Crippen molar-refractivity contribution in [3.05, 3.63) is 83.9 Å². The van der Waals surface area contributed by atoms with E-state index in [1.54, 1.807) is 0 Å². The van der Waals surface area contributed by atoms with Crippen molar-refractivity contribution in [2.24, 2.45) is 0 Å². The third kappa shape index (κ3) is 5.88. The van der Waals surface area contributed by atoms with Crippen LogP contribution >= 0.6 is 0 Å². The molecule has 1 aromatic heterocycles. The molecule has 0 unspecified atom stereocenters. The van der Waals surface area contributed by atoms with Crippen LogP contribution in [0.4, 0.5) is 0 Å². The highest BCUT2D eigenvalue weighted by atomic mass is 16.4. The highest BCUT2D eigenvalue weighted by molar-refractivity contribution is 6.27. The minimum Gasteiger partial charge on any atom is -0.473 e. The minimum atomic E-state index is -1.82. The van der Waals surface area contributed by atoms with Crippen LogP contribution in [0.1, 0.15) is 18.1 Å². The van der Waals surface area contributed by atoms with Gasteiger partial charge in [-0.2, -0.15) is 0 Å². The van der Waals surface area contributed by atoms with E-state index in [0.717, 1.165) is 45.8 Å². The quantitative estimate of drug-likeness (QED) is 0.421. The summed E-state index contributed by atoms with van der Waals surface area (Å²) < 4.78 is 2.43. The van der Waals surface area contributed by atoms with Crippen molar-refractivity contribution in [1.29, 1.82) is 0 Å². The number of carboxylic acids is 2. The maximum Gasteiger partial charge on any atom is 0.414 e. The number of hydrogen-bond donors (Lipinski definition) is 2. The molecule has 182 valence electrons. The molecule has 0 saturated carbocycles. The van der Waals surface area contributed by atoms with Crippen molar-refractivity contribution in [3.8, 4) is 0 Å². The van der Waals surface area contributed by atoms with E-state index < -0.39 is 11.9 Å². The van der Waals surface area contributed by atoms with Crippen LogP contribution in [0.2, 0.25) is 0 Å². The molecular weight excluding hydrogens is 442 g/mol. The van der Waals surface area contributed by atoms with E-state index in [0.29, 0.717) is 0 Å². The molecule has 0 atom stereocenters. The van der Waals surface area contributed by atoms with E-state index in [1.807, 2.05) is 0 Å². The van der Waals surface area contributed by atoms with Crippen LogP contribution in [0.3, 0.4) is 0 Å². The Morgan fingerprint density at radius 2 is 1.23 bits per heavy atom. The molecule has 7 heteroatoms. The number of carbonyl (C=O) groups is 2. The number of aliphatic carboxylic acids is 2. The molecule has 1 fully saturated rings. The van der Waals surface area contributed by atoms with Gasteiger partial charge < -0.3 is 14.8 Å². The van der Waals surface area contributed by atoms with Gasteiger partial charge in [0.1, 0.15) is 0 Å². The number of para-hydroxylation sites is 1. The number of fused-ring (bicyclic) bond motifs is 3. The van der Waals surface area contributed by atoms with Crippen molar-refractivity contribution in [3.63, 3.8) is 0 Å². The lowest BCUT2D eigenvalue weighted by Gasteiger charge is -2.34. The Kier molecular flexibility index (Phi) is 7.80. The van der Waals surface area contributed by atoms with Gasteiger partial charge in [-0.3, -0.25) is 9.80 Å². The van der Waals surface area contributed by atoms with E-state index in [2.05, 4.69) is 94.1 Å². The fraction of sp³-hybridized carbons (Fsp3) is 0.286. The van der Waals surface area contributed by atoms with Gasteiger partial charge in [-0.25, -0.2) is 9.59 Å². The first-order valence-corrected chi connectivity index (χ1v) is 11.9. The number of aryl methyl sites for hydroxylation is 1. The van der Waals surface area contributed by atoms with Gasteiger partial charge in [-0.15, -0.1) is 0 Å². The van der Waals surface area contributed by atoms with E-state index in [1.165, 1.54) is 32.9 Å². The topological polar surface area (TPSA) is 86.0 Å². The summed E-state index contributed by atoms with van der Waals surface area (Å²) in [6.07, 6.45) is 0. The van der Waals surface area contributed by atoms with Crippen molar-refractivity contribution < 1.29 is 19.8 Å². The largest absolute Gasteiger partial charge is 0.473 e. The second-order valence-electron chi connectivity index (χ2n) is 8.76. The van der Waals surface area contributed by atoms with Gasteiger partial charge in [0.15, 0.2) is 0 Å². The van der Waals surface area contributed by atoms with E-state index in [-0.39, 0.29) is 0 Å². The molecule has 0 aliphatic carbocycles. The predicted octanol–water partition coefficient (Wildman–Crippen LogP) is 4.29. The molecule has 7 nitrogen and oxygen atoms in total. The summed E-state index contributed by atoms with van der Waals surface area (Å²) in [5, 5.41) is 17.5. The summed E-state index contributed by atoms with van der Waals surface area (Å²) in [7, 11) is 0. The average molecular weight is 474 g/mol. The maximum atomic E-state index is 9.10. The van der Waals surface area contributed by atoms with Gasteiger partial charge in [0, 0.05) is 67.6 Å². The number of hydrogen-bond acceptors (Lipinski definition) is 4. The van der Waals surface area contributed by atoms with Gasteiger partial charge in [0.05, 0.1) is 0 Å². The molecule has 5 rings (SSSR count). The fourth-order valence-corrected chi connectivity index (χ4v) is 4.75. The van der Waals surface area contributed by atoms with Crippen LogP contribution in [0.5, 0.6) is 0 Å². The molecule has 1 aliphatic heterocycles. The molecule has 2 N–H and O–H groups in total. The van der Waals surface area contributed by atoms with Crippen LogP contribution in [0.25, 0.3) is 21.8 Å². The van der Waals surface area contributed by atoms with Gasteiger partial charge >= 0.3 is 11.9 Å². The van der Waals surface area contributed by atoms with Gasteiger partial charge in [0.2, 0.25) is 0 Å². The Bertz CT molecular complexity index is 1300.